The van der Waals surface area contributed by atoms with Crippen molar-refractivity contribution in [2.45, 2.75) is 90.3 Å². The second kappa shape index (κ2) is 21.6. The second-order valence-corrected chi connectivity index (χ2v) is 8.07. The Labute approximate surface area is 211 Å². The average molecular weight is 489 g/mol. The predicted molar refractivity (Wildman–Crippen MR) is 141 cm³/mol. The number of carbonyl (C=O) groups excluding carboxylic acids is 3. The minimum Gasteiger partial charge on any atom is -0.468 e. The van der Waals surface area contributed by atoms with Crippen molar-refractivity contribution in [2.75, 3.05) is 7.11 Å². The molecular formula is C28H44N2O5. The zero-order valence-electron chi connectivity index (χ0n) is 21.8. The van der Waals surface area contributed by atoms with Crippen LogP contribution in [0, 0.1) is 0 Å². The zero-order valence-corrected chi connectivity index (χ0v) is 21.8. The zero-order chi connectivity index (χ0) is 26.3. The molecule has 0 unspecified atom stereocenters. The highest BCUT2D eigenvalue weighted by molar-refractivity contribution is 5.84. The number of unbranched alkanes of at least 4 members (excludes halogenated alkanes) is 1. The van der Waals surface area contributed by atoms with E-state index in [9.17, 15) is 14.4 Å². The number of ether oxygens (including phenoxy) is 2. The van der Waals surface area contributed by atoms with E-state index in [1.807, 2.05) is 12.2 Å². The predicted octanol–water partition coefficient (Wildman–Crippen LogP) is 4.84. The van der Waals surface area contributed by atoms with E-state index in [0.717, 1.165) is 38.5 Å². The van der Waals surface area contributed by atoms with Gasteiger partial charge in [0.25, 0.3) is 0 Å². The van der Waals surface area contributed by atoms with E-state index in [0.29, 0.717) is 6.42 Å². The van der Waals surface area contributed by atoms with Gasteiger partial charge in [0.1, 0.15) is 18.2 Å². The van der Waals surface area contributed by atoms with Gasteiger partial charge in [-0.15, -0.1) is 0 Å². The van der Waals surface area contributed by atoms with Crippen LogP contribution in [0.25, 0.3) is 0 Å². The molecule has 0 saturated heterocycles. The lowest BCUT2D eigenvalue weighted by Crippen LogP contribution is -2.47. The molecule has 0 rings (SSSR count). The lowest BCUT2D eigenvalue weighted by Gasteiger charge is -2.21. The van der Waals surface area contributed by atoms with Crippen molar-refractivity contribution in [2.24, 2.45) is 5.73 Å². The van der Waals surface area contributed by atoms with Gasteiger partial charge in [0.05, 0.1) is 7.11 Å². The quantitative estimate of drug-likeness (QED) is 0.162. The first-order valence-electron chi connectivity index (χ1n) is 12.4. The molecule has 0 spiro atoms. The number of methoxy groups -OCH3 is 1. The molecule has 0 aliphatic heterocycles. The number of rotatable bonds is 18. The molecule has 0 aromatic carbocycles. The smallest absolute Gasteiger partial charge is 0.328 e. The third kappa shape index (κ3) is 18.1. The number of allylic oxidation sites excluding steroid dienone is 10. The summed E-state index contributed by atoms with van der Waals surface area (Å²) in [5.41, 5.74) is 5.64. The highest BCUT2D eigenvalue weighted by Crippen LogP contribution is 2.03. The van der Waals surface area contributed by atoms with Gasteiger partial charge in [0.2, 0.25) is 5.91 Å². The van der Waals surface area contributed by atoms with Gasteiger partial charge in [-0.1, -0.05) is 67.7 Å². The summed E-state index contributed by atoms with van der Waals surface area (Å²) in [5.74, 6) is -1.58. The van der Waals surface area contributed by atoms with E-state index in [4.69, 9.17) is 10.5 Å². The maximum absolute atomic E-state index is 12.1. The van der Waals surface area contributed by atoms with E-state index in [2.05, 4.69) is 65.6 Å². The number of hydrogen-bond acceptors (Lipinski definition) is 6. The topological polar surface area (TPSA) is 108 Å². The van der Waals surface area contributed by atoms with E-state index >= 15 is 0 Å². The largest absolute Gasteiger partial charge is 0.468 e. The van der Waals surface area contributed by atoms with Crippen LogP contribution < -0.4 is 11.1 Å². The van der Waals surface area contributed by atoms with Gasteiger partial charge in [-0.05, 0) is 58.8 Å². The molecule has 0 bridgehead atoms. The van der Waals surface area contributed by atoms with Crippen LogP contribution in [0.15, 0.2) is 60.8 Å². The summed E-state index contributed by atoms with van der Waals surface area (Å²) in [4.78, 5) is 35.5. The molecule has 3 N–H and O–H groups in total. The minimum absolute atomic E-state index is 0.251. The maximum Gasteiger partial charge on any atom is 0.328 e. The molecule has 0 fully saturated rings. The summed E-state index contributed by atoms with van der Waals surface area (Å²) < 4.78 is 9.65. The molecule has 1 amide bonds. The standard InChI is InChI=1S/C28H44N2O5/c1-5-6-7-8-9-10-11-12-13-14-15-16-17-18-19-20-21-22-25(31)30-23(2)27(32)35-24(3)26(29)28(33)34-4/h6-7,9-10,12-13,16-17,19-20,23-24,26H,5,8,11,14-15,18,21-22,29H2,1-4H3,(H,30,31)/b7-6-,10-9-,13-12-,17-16-,20-19-/t23-,24+,26-/m0/s1. The van der Waals surface area contributed by atoms with Crippen LogP contribution in [-0.2, 0) is 23.9 Å². The van der Waals surface area contributed by atoms with Crippen LogP contribution >= 0.6 is 0 Å². The first-order valence-corrected chi connectivity index (χ1v) is 12.4. The van der Waals surface area contributed by atoms with Crippen molar-refractivity contribution in [1.29, 1.82) is 0 Å². The van der Waals surface area contributed by atoms with Crippen LogP contribution in [0.3, 0.4) is 0 Å². The molecule has 0 aliphatic rings. The number of nitrogens with two attached hydrogens (primary N) is 1. The third-order valence-electron chi connectivity index (χ3n) is 4.94. The van der Waals surface area contributed by atoms with E-state index in [-0.39, 0.29) is 12.3 Å². The van der Waals surface area contributed by atoms with Crippen LogP contribution in [-0.4, -0.2) is 43.1 Å². The fourth-order valence-corrected chi connectivity index (χ4v) is 2.80. The summed E-state index contributed by atoms with van der Waals surface area (Å²) >= 11 is 0. The molecule has 0 saturated carbocycles. The van der Waals surface area contributed by atoms with Crippen LogP contribution in [0.2, 0.25) is 0 Å². The van der Waals surface area contributed by atoms with Crippen LogP contribution in [0.5, 0.6) is 0 Å². The van der Waals surface area contributed by atoms with Crippen molar-refractivity contribution >= 4 is 17.8 Å². The molecule has 0 aromatic heterocycles. The van der Waals surface area contributed by atoms with Gasteiger partial charge in [-0.3, -0.25) is 9.59 Å². The maximum atomic E-state index is 12.1. The number of esters is 2. The first-order chi connectivity index (χ1) is 16.8. The monoisotopic (exact) mass is 488 g/mol. The Balaban J connectivity index is 3.92. The summed E-state index contributed by atoms with van der Waals surface area (Å²) in [6.07, 6.45) is 27.3. The van der Waals surface area contributed by atoms with Crippen molar-refractivity contribution in [1.82, 2.24) is 5.32 Å². The van der Waals surface area contributed by atoms with E-state index in [1.165, 1.54) is 21.0 Å². The molecule has 196 valence electrons. The highest BCUT2D eigenvalue weighted by atomic mass is 16.6. The number of amides is 1. The van der Waals surface area contributed by atoms with Crippen molar-refractivity contribution in [3.8, 4) is 0 Å². The van der Waals surface area contributed by atoms with Gasteiger partial charge < -0.3 is 20.5 Å². The van der Waals surface area contributed by atoms with Crippen LogP contribution in [0.1, 0.15) is 72.1 Å². The molecule has 0 aromatic rings. The molecule has 35 heavy (non-hydrogen) atoms. The first kappa shape index (κ1) is 32.1. The fourth-order valence-electron chi connectivity index (χ4n) is 2.80. The lowest BCUT2D eigenvalue weighted by molar-refractivity contribution is -0.157. The normalized spacial score (nSPS) is 14.8. The third-order valence-corrected chi connectivity index (χ3v) is 4.94. The van der Waals surface area contributed by atoms with Gasteiger partial charge in [0.15, 0.2) is 0 Å². The molecular weight excluding hydrogens is 444 g/mol. The Morgan fingerprint density at radius 2 is 1.26 bits per heavy atom. The second-order valence-electron chi connectivity index (χ2n) is 8.07. The molecule has 7 nitrogen and oxygen atoms in total. The highest BCUT2D eigenvalue weighted by Gasteiger charge is 2.27. The van der Waals surface area contributed by atoms with Gasteiger partial charge in [0, 0.05) is 6.42 Å². The van der Waals surface area contributed by atoms with Crippen LogP contribution in [0.4, 0.5) is 0 Å². The Morgan fingerprint density at radius 3 is 1.77 bits per heavy atom. The molecule has 0 aliphatic carbocycles. The van der Waals surface area contributed by atoms with Crippen molar-refractivity contribution in [3.63, 3.8) is 0 Å². The van der Waals surface area contributed by atoms with Gasteiger partial charge in [-0.2, -0.15) is 0 Å². The number of hydrogen-bond donors (Lipinski definition) is 2. The summed E-state index contributed by atoms with van der Waals surface area (Å²) in [7, 11) is 1.21. The van der Waals surface area contributed by atoms with Crippen molar-refractivity contribution < 1.29 is 23.9 Å². The summed E-state index contributed by atoms with van der Waals surface area (Å²) in [6, 6.07) is -1.91. The Hall–Kier alpha value is -2.93. The number of nitrogens with one attached hydrogen (secondary N) is 1. The summed E-state index contributed by atoms with van der Waals surface area (Å²) in [5, 5.41) is 2.59. The van der Waals surface area contributed by atoms with E-state index < -0.39 is 30.1 Å². The molecule has 7 heteroatoms. The Bertz CT molecular complexity index is 752. The van der Waals surface area contributed by atoms with Gasteiger partial charge >= 0.3 is 11.9 Å². The SMILES string of the molecule is CC/C=C\C/C=C\C/C=C\CC/C=C\C/C=C\CCC(=O)N[C@@H](C)C(=O)O[C@H](C)[C@H](N)C(=O)OC. The molecule has 0 heterocycles. The van der Waals surface area contributed by atoms with E-state index in [1.54, 1.807) is 0 Å². The summed E-state index contributed by atoms with van der Waals surface area (Å²) in [6.45, 7) is 5.16. The average Bonchev–Trinajstić information content (AvgIpc) is 2.84. The Kier molecular flexibility index (Phi) is 19.8. The minimum atomic E-state index is -1.08. The number of carbonyl (C=O) groups is 3. The molecule has 0 radical (unpaired) electrons. The fraction of sp³-hybridized carbons (Fsp3) is 0.536. The van der Waals surface area contributed by atoms with Crippen molar-refractivity contribution in [3.05, 3.63) is 60.8 Å². The Morgan fingerprint density at radius 1 is 0.771 bits per heavy atom. The van der Waals surface area contributed by atoms with Gasteiger partial charge in [-0.25, -0.2) is 4.79 Å². The molecule has 3 atom stereocenters. The lowest BCUT2D eigenvalue weighted by atomic mass is 10.2.